The van der Waals surface area contributed by atoms with Crippen LogP contribution in [0, 0.1) is 5.82 Å². The summed E-state index contributed by atoms with van der Waals surface area (Å²) in [4.78, 5) is 22.6. The number of amides is 1. The Hall–Kier alpha value is -2.12. The highest BCUT2D eigenvalue weighted by atomic mass is 32.2. The van der Waals surface area contributed by atoms with Gasteiger partial charge in [-0.05, 0) is 48.2 Å². The molecule has 0 saturated carbocycles. The van der Waals surface area contributed by atoms with E-state index >= 15 is 0 Å². The molecule has 1 aliphatic rings. The minimum absolute atomic E-state index is 0.0778. The number of carbonyl (C=O) groups excluding carboxylic acids is 1. The first-order valence-electron chi connectivity index (χ1n) is 8.97. The van der Waals surface area contributed by atoms with E-state index in [1.807, 2.05) is 29.2 Å². The van der Waals surface area contributed by atoms with Gasteiger partial charge < -0.3 is 9.80 Å². The number of halogens is 1. The van der Waals surface area contributed by atoms with Crippen LogP contribution in [0.2, 0.25) is 0 Å². The molecule has 4 rings (SSSR count). The summed E-state index contributed by atoms with van der Waals surface area (Å²) in [5.41, 5.74) is 1.55. The number of piperazine rings is 1. The van der Waals surface area contributed by atoms with Crippen molar-refractivity contribution in [1.29, 1.82) is 0 Å². The number of rotatable bonds is 4. The second kappa shape index (κ2) is 7.86. The fourth-order valence-corrected chi connectivity index (χ4v) is 4.87. The maximum atomic E-state index is 13.4. The molecule has 2 heterocycles. The number of fused-ring (bicyclic) bond motifs is 1. The maximum Gasteiger partial charge on any atom is 0.253 e. The van der Waals surface area contributed by atoms with Gasteiger partial charge >= 0.3 is 0 Å². The molecular formula is C20H20FN3OS2. The lowest BCUT2D eigenvalue weighted by molar-refractivity contribution is 0.0746. The van der Waals surface area contributed by atoms with Gasteiger partial charge in [-0.25, -0.2) is 9.37 Å². The van der Waals surface area contributed by atoms with Gasteiger partial charge in [0.2, 0.25) is 0 Å². The molecule has 7 heteroatoms. The third-order valence-corrected chi connectivity index (χ3v) is 6.56. The molecule has 1 aliphatic heterocycles. The summed E-state index contributed by atoms with van der Waals surface area (Å²) in [5.74, 6) is 0.860. The highest BCUT2D eigenvalue weighted by molar-refractivity contribution is 7.99. The summed E-state index contributed by atoms with van der Waals surface area (Å²) >= 11 is 3.27. The van der Waals surface area contributed by atoms with Crippen LogP contribution >= 0.6 is 23.1 Å². The number of thioether (sulfide) groups is 1. The van der Waals surface area contributed by atoms with E-state index in [1.165, 1.54) is 28.4 Å². The van der Waals surface area contributed by atoms with Gasteiger partial charge in [-0.2, -0.15) is 0 Å². The quantitative estimate of drug-likeness (QED) is 0.603. The maximum absolute atomic E-state index is 13.4. The Bertz CT molecular complexity index is 950. The van der Waals surface area contributed by atoms with Crippen LogP contribution in [-0.2, 0) is 0 Å². The van der Waals surface area contributed by atoms with Crippen LogP contribution in [-0.4, -0.2) is 47.7 Å². The number of carbonyl (C=O) groups is 1. The second-order valence-electron chi connectivity index (χ2n) is 6.35. The first-order chi connectivity index (χ1) is 13.1. The molecule has 3 aromatic rings. The van der Waals surface area contributed by atoms with Crippen molar-refractivity contribution < 1.29 is 9.18 Å². The monoisotopic (exact) mass is 401 g/mol. The van der Waals surface area contributed by atoms with Crippen molar-refractivity contribution in [1.82, 2.24) is 9.88 Å². The summed E-state index contributed by atoms with van der Waals surface area (Å²) in [6.45, 7) is 4.91. The zero-order chi connectivity index (χ0) is 18.8. The predicted octanol–water partition coefficient (Wildman–Crippen LogP) is 4.51. The van der Waals surface area contributed by atoms with E-state index in [4.69, 9.17) is 0 Å². The molecule has 1 saturated heterocycles. The topological polar surface area (TPSA) is 36.4 Å². The Kier molecular flexibility index (Phi) is 5.31. The van der Waals surface area contributed by atoms with E-state index in [1.54, 1.807) is 17.8 Å². The van der Waals surface area contributed by atoms with E-state index in [2.05, 4.69) is 16.8 Å². The first-order valence-corrected chi connectivity index (χ1v) is 10.8. The summed E-state index contributed by atoms with van der Waals surface area (Å²) in [6.07, 6.45) is 0. The minimum Gasteiger partial charge on any atom is -0.345 e. The number of hydrogen-bond acceptors (Lipinski definition) is 5. The van der Waals surface area contributed by atoms with E-state index in [0.717, 1.165) is 39.8 Å². The van der Waals surface area contributed by atoms with Gasteiger partial charge in [-0.1, -0.05) is 18.3 Å². The smallest absolute Gasteiger partial charge is 0.253 e. The molecule has 0 radical (unpaired) electrons. The average Bonchev–Trinajstić information content (AvgIpc) is 3.11. The summed E-state index contributed by atoms with van der Waals surface area (Å²) in [6, 6.07) is 12.5. The van der Waals surface area contributed by atoms with Crippen molar-refractivity contribution in [3.63, 3.8) is 0 Å². The highest BCUT2D eigenvalue weighted by Crippen LogP contribution is 2.30. The lowest BCUT2D eigenvalue weighted by Gasteiger charge is -2.34. The van der Waals surface area contributed by atoms with Crippen LogP contribution in [0.15, 0.2) is 47.4 Å². The van der Waals surface area contributed by atoms with E-state index in [-0.39, 0.29) is 11.7 Å². The van der Waals surface area contributed by atoms with Gasteiger partial charge in [0, 0.05) is 36.6 Å². The molecule has 0 aliphatic carbocycles. The Morgan fingerprint density at radius 3 is 2.59 bits per heavy atom. The lowest BCUT2D eigenvalue weighted by Crippen LogP contribution is -2.48. The van der Waals surface area contributed by atoms with Crippen molar-refractivity contribution in [3.8, 4) is 0 Å². The van der Waals surface area contributed by atoms with Crippen molar-refractivity contribution in [2.24, 2.45) is 0 Å². The van der Waals surface area contributed by atoms with Crippen LogP contribution in [0.1, 0.15) is 17.3 Å². The van der Waals surface area contributed by atoms with Crippen LogP contribution < -0.4 is 4.90 Å². The molecule has 0 atom stereocenters. The molecule has 4 nitrogen and oxygen atoms in total. The summed E-state index contributed by atoms with van der Waals surface area (Å²) in [5, 5.41) is 0.892. The van der Waals surface area contributed by atoms with Gasteiger partial charge in [0.05, 0.1) is 10.2 Å². The number of hydrogen-bond donors (Lipinski definition) is 0. The van der Waals surface area contributed by atoms with Gasteiger partial charge in [0.1, 0.15) is 5.82 Å². The highest BCUT2D eigenvalue weighted by Gasteiger charge is 2.24. The standard InChI is InChI=1S/C20H20FN3OS2/c1-2-26-16-6-3-14(4-7-16)19(25)23-9-11-24(12-10-23)20-22-17-8-5-15(21)13-18(17)27-20/h3-8,13H,2,9-12H2,1H3. The zero-order valence-corrected chi connectivity index (χ0v) is 16.7. The Labute approximate surface area is 166 Å². The number of aromatic nitrogens is 1. The SMILES string of the molecule is CCSc1ccc(C(=O)N2CCN(c3nc4ccc(F)cc4s3)CC2)cc1. The van der Waals surface area contributed by atoms with E-state index in [9.17, 15) is 9.18 Å². The molecular weight excluding hydrogens is 381 g/mol. The largest absolute Gasteiger partial charge is 0.345 e. The normalized spacial score (nSPS) is 14.7. The molecule has 140 valence electrons. The fourth-order valence-electron chi connectivity index (χ4n) is 3.17. The predicted molar refractivity (Wildman–Crippen MR) is 111 cm³/mol. The van der Waals surface area contributed by atoms with Crippen molar-refractivity contribution in [2.75, 3.05) is 36.8 Å². The van der Waals surface area contributed by atoms with Crippen molar-refractivity contribution in [3.05, 3.63) is 53.8 Å². The number of nitrogens with zero attached hydrogens (tertiary/aromatic N) is 3. The third kappa shape index (κ3) is 3.94. The molecule has 2 aromatic carbocycles. The van der Waals surface area contributed by atoms with Crippen LogP contribution in [0.5, 0.6) is 0 Å². The van der Waals surface area contributed by atoms with Gasteiger partial charge in [0.15, 0.2) is 5.13 Å². The fraction of sp³-hybridized carbons (Fsp3) is 0.300. The van der Waals surface area contributed by atoms with Gasteiger partial charge in [-0.3, -0.25) is 4.79 Å². The molecule has 0 spiro atoms. The molecule has 0 unspecified atom stereocenters. The van der Waals surface area contributed by atoms with Crippen LogP contribution in [0.25, 0.3) is 10.2 Å². The lowest BCUT2D eigenvalue weighted by atomic mass is 10.2. The Morgan fingerprint density at radius 2 is 1.89 bits per heavy atom. The van der Waals surface area contributed by atoms with Crippen molar-refractivity contribution in [2.45, 2.75) is 11.8 Å². The number of anilines is 1. The molecule has 1 fully saturated rings. The minimum atomic E-state index is -0.239. The molecule has 1 amide bonds. The molecule has 0 N–H and O–H groups in total. The zero-order valence-electron chi connectivity index (χ0n) is 15.0. The van der Waals surface area contributed by atoms with Gasteiger partial charge in [-0.15, -0.1) is 11.8 Å². The molecule has 0 bridgehead atoms. The third-order valence-electron chi connectivity index (χ3n) is 4.59. The van der Waals surface area contributed by atoms with Gasteiger partial charge in [0.25, 0.3) is 5.91 Å². The average molecular weight is 402 g/mol. The Balaban J connectivity index is 1.41. The summed E-state index contributed by atoms with van der Waals surface area (Å²) in [7, 11) is 0. The van der Waals surface area contributed by atoms with E-state index in [0.29, 0.717) is 13.1 Å². The van der Waals surface area contributed by atoms with E-state index < -0.39 is 0 Å². The first kappa shape index (κ1) is 18.3. The summed E-state index contributed by atoms with van der Waals surface area (Å²) < 4.78 is 14.2. The van der Waals surface area contributed by atoms with Crippen LogP contribution in [0.4, 0.5) is 9.52 Å². The molecule has 27 heavy (non-hydrogen) atoms. The molecule has 1 aromatic heterocycles. The number of thiazole rings is 1. The van der Waals surface area contributed by atoms with Crippen molar-refractivity contribution >= 4 is 44.4 Å². The van der Waals surface area contributed by atoms with Crippen LogP contribution in [0.3, 0.4) is 0 Å². The Morgan fingerprint density at radius 1 is 1.15 bits per heavy atom. The second-order valence-corrected chi connectivity index (χ2v) is 8.69. The number of benzene rings is 2.